The lowest BCUT2D eigenvalue weighted by Gasteiger charge is -2.24. The maximum absolute atomic E-state index is 12.3. The van der Waals surface area contributed by atoms with Gasteiger partial charge in [-0.25, -0.2) is 0 Å². The molecule has 1 aromatic rings. The van der Waals surface area contributed by atoms with Crippen LogP contribution in [-0.4, -0.2) is 43.5 Å². The summed E-state index contributed by atoms with van der Waals surface area (Å²) in [6, 6.07) is 5.65. The zero-order valence-electron chi connectivity index (χ0n) is 16.8. The molecule has 0 aliphatic carbocycles. The van der Waals surface area contributed by atoms with Crippen LogP contribution in [0.4, 0.5) is 0 Å². The molecule has 0 atom stereocenters. The van der Waals surface area contributed by atoms with Crippen LogP contribution in [0.2, 0.25) is 0 Å². The van der Waals surface area contributed by atoms with E-state index in [-0.39, 0.29) is 18.4 Å². The topological polar surface area (TPSA) is 67.9 Å². The molecule has 2 rings (SSSR count). The quantitative estimate of drug-likeness (QED) is 0.757. The summed E-state index contributed by atoms with van der Waals surface area (Å²) in [5.74, 6) is 1.73. The summed E-state index contributed by atoms with van der Waals surface area (Å²) < 4.78 is 11.1. The van der Waals surface area contributed by atoms with E-state index in [1.165, 1.54) is 0 Å². The Hall–Kier alpha value is -2.24. The Bertz CT molecular complexity index is 631. The van der Waals surface area contributed by atoms with Crippen molar-refractivity contribution in [1.29, 1.82) is 0 Å². The number of amides is 2. The van der Waals surface area contributed by atoms with Gasteiger partial charge in [-0.1, -0.05) is 32.8 Å². The first-order valence-electron chi connectivity index (χ1n) is 9.83. The highest BCUT2D eigenvalue weighted by Crippen LogP contribution is 2.28. The van der Waals surface area contributed by atoms with Crippen molar-refractivity contribution in [2.24, 2.45) is 5.92 Å². The Kier molecular flexibility index (Phi) is 8.43. The van der Waals surface area contributed by atoms with E-state index in [1.807, 2.05) is 18.2 Å². The van der Waals surface area contributed by atoms with Gasteiger partial charge in [0.1, 0.15) is 0 Å². The maximum Gasteiger partial charge on any atom is 0.239 e. The van der Waals surface area contributed by atoms with Crippen molar-refractivity contribution in [2.75, 3.05) is 26.8 Å². The van der Waals surface area contributed by atoms with Gasteiger partial charge in [0, 0.05) is 19.5 Å². The molecule has 1 aliphatic rings. The molecule has 0 spiro atoms. The Morgan fingerprint density at radius 2 is 1.96 bits per heavy atom. The van der Waals surface area contributed by atoms with Crippen molar-refractivity contribution in [3.8, 4) is 11.5 Å². The van der Waals surface area contributed by atoms with E-state index in [4.69, 9.17) is 9.47 Å². The lowest BCUT2D eigenvalue weighted by molar-refractivity contribution is -0.136. The summed E-state index contributed by atoms with van der Waals surface area (Å²) in [6.07, 6.45) is 4.65. The largest absolute Gasteiger partial charge is 0.493 e. The molecule has 0 bridgehead atoms. The highest BCUT2D eigenvalue weighted by molar-refractivity contribution is 5.84. The summed E-state index contributed by atoms with van der Waals surface area (Å²) >= 11 is 0. The van der Waals surface area contributed by atoms with Gasteiger partial charge in [0.15, 0.2) is 11.5 Å². The first kappa shape index (κ1) is 21.1. The smallest absolute Gasteiger partial charge is 0.239 e. The van der Waals surface area contributed by atoms with Crippen LogP contribution in [0, 0.1) is 5.92 Å². The van der Waals surface area contributed by atoms with Gasteiger partial charge in [-0.3, -0.25) is 9.59 Å². The van der Waals surface area contributed by atoms with Crippen molar-refractivity contribution in [3.63, 3.8) is 0 Å². The molecule has 1 N–H and O–H groups in total. The van der Waals surface area contributed by atoms with Crippen LogP contribution in [0.15, 0.2) is 18.2 Å². The van der Waals surface area contributed by atoms with E-state index in [9.17, 15) is 9.59 Å². The minimum Gasteiger partial charge on any atom is -0.493 e. The van der Waals surface area contributed by atoms with Crippen molar-refractivity contribution >= 4 is 11.8 Å². The summed E-state index contributed by atoms with van der Waals surface area (Å²) in [5.41, 5.74) is 0.927. The molecule has 6 heteroatoms. The third-order valence-electron chi connectivity index (χ3n) is 4.55. The number of benzene rings is 1. The van der Waals surface area contributed by atoms with Gasteiger partial charge in [-0.15, -0.1) is 0 Å². The average molecular weight is 376 g/mol. The molecule has 27 heavy (non-hydrogen) atoms. The number of methoxy groups -OCH3 is 1. The number of hydrogen-bond donors (Lipinski definition) is 1. The van der Waals surface area contributed by atoms with Gasteiger partial charge in [-0.05, 0) is 36.5 Å². The lowest BCUT2D eigenvalue weighted by Crippen LogP contribution is -2.41. The fraction of sp³-hybridized carbons (Fsp3) is 0.619. The van der Waals surface area contributed by atoms with E-state index in [0.29, 0.717) is 43.5 Å². The molecule has 1 fully saturated rings. The number of likely N-dealkylation sites (tertiary alicyclic amines) is 1. The monoisotopic (exact) mass is 376 g/mol. The number of nitrogens with one attached hydrogen (secondary N) is 1. The molecule has 1 saturated heterocycles. The van der Waals surface area contributed by atoms with Crippen LogP contribution in [0.5, 0.6) is 11.5 Å². The average Bonchev–Trinajstić information content (AvgIpc) is 2.64. The number of rotatable bonds is 8. The summed E-state index contributed by atoms with van der Waals surface area (Å²) in [4.78, 5) is 26.1. The Balaban J connectivity index is 1.87. The minimum absolute atomic E-state index is 0.0816. The second-order valence-electron chi connectivity index (χ2n) is 7.45. The van der Waals surface area contributed by atoms with Gasteiger partial charge in [0.05, 0.1) is 20.3 Å². The lowest BCUT2D eigenvalue weighted by atomic mass is 10.1. The van der Waals surface area contributed by atoms with Gasteiger partial charge in [0.2, 0.25) is 11.8 Å². The number of hydrogen-bond acceptors (Lipinski definition) is 4. The second kappa shape index (κ2) is 10.8. The summed E-state index contributed by atoms with van der Waals surface area (Å²) in [5, 5.41) is 2.89. The second-order valence-corrected chi connectivity index (χ2v) is 7.45. The number of carbonyl (C=O) groups is 2. The molecule has 0 radical (unpaired) electrons. The molecule has 150 valence electrons. The zero-order valence-corrected chi connectivity index (χ0v) is 16.8. The van der Waals surface area contributed by atoms with Gasteiger partial charge in [0.25, 0.3) is 0 Å². The maximum atomic E-state index is 12.3. The fourth-order valence-corrected chi connectivity index (χ4v) is 3.01. The van der Waals surface area contributed by atoms with Crippen molar-refractivity contribution in [1.82, 2.24) is 10.2 Å². The molecule has 1 heterocycles. The molecule has 6 nitrogen and oxygen atoms in total. The van der Waals surface area contributed by atoms with Crippen molar-refractivity contribution in [2.45, 2.75) is 52.5 Å². The summed E-state index contributed by atoms with van der Waals surface area (Å²) in [6.45, 7) is 5.99. The summed E-state index contributed by atoms with van der Waals surface area (Å²) in [7, 11) is 1.60. The highest BCUT2D eigenvalue weighted by Gasteiger charge is 2.18. The molecule has 1 aliphatic heterocycles. The highest BCUT2D eigenvalue weighted by atomic mass is 16.5. The molecule has 0 aromatic heterocycles. The SMILES string of the molecule is COc1cc(CNC(=O)CN2CCCCCCC2=O)ccc1OCC(C)C. The first-order valence-corrected chi connectivity index (χ1v) is 9.83. The number of nitrogens with zero attached hydrogens (tertiary/aromatic N) is 1. The minimum atomic E-state index is -0.136. The Labute approximate surface area is 162 Å². The van der Waals surface area contributed by atoms with E-state index in [0.717, 1.165) is 31.2 Å². The molecule has 0 saturated carbocycles. The van der Waals surface area contributed by atoms with Crippen molar-refractivity contribution < 1.29 is 19.1 Å². The van der Waals surface area contributed by atoms with Crippen LogP contribution >= 0.6 is 0 Å². The van der Waals surface area contributed by atoms with Crippen LogP contribution in [0.25, 0.3) is 0 Å². The van der Waals surface area contributed by atoms with Crippen LogP contribution in [0.3, 0.4) is 0 Å². The van der Waals surface area contributed by atoms with Crippen LogP contribution in [-0.2, 0) is 16.1 Å². The van der Waals surface area contributed by atoms with E-state index in [1.54, 1.807) is 12.0 Å². The van der Waals surface area contributed by atoms with E-state index in [2.05, 4.69) is 19.2 Å². The predicted molar refractivity (Wildman–Crippen MR) is 105 cm³/mol. The van der Waals surface area contributed by atoms with E-state index < -0.39 is 0 Å². The Morgan fingerprint density at radius 1 is 1.19 bits per heavy atom. The molecular formula is C21H32N2O4. The molecular weight excluding hydrogens is 344 g/mol. The van der Waals surface area contributed by atoms with Gasteiger partial charge < -0.3 is 19.7 Å². The molecule has 2 amide bonds. The van der Waals surface area contributed by atoms with Crippen molar-refractivity contribution in [3.05, 3.63) is 23.8 Å². The van der Waals surface area contributed by atoms with Crippen LogP contribution < -0.4 is 14.8 Å². The first-order chi connectivity index (χ1) is 13.0. The van der Waals surface area contributed by atoms with Gasteiger partial charge >= 0.3 is 0 Å². The third-order valence-corrected chi connectivity index (χ3v) is 4.55. The zero-order chi connectivity index (χ0) is 19.6. The molecule has 0 unspecified atom stereocenters. The number of carbonyl (C=O) groups excluding carboxylic acids is 2. The van der Waals surface area contributed by atoms with Gasteiger partial charge in [-0.2, -0.15) is 0 Å². The third kappa shape index (κ3) is 7.12. The normalized spacial score (nSPS) is 15.3. The van der Waals surface area contributed by atoms with Crippen LogP contribution in [0.1, 0.15) is 51.5 Å². The fourth-order valence-electron chi connectivity index (χ4n) is 3.01. The van der Waals surface area contributed by atoms with E-state index >= 15 is 0 Å². The standard InChI is InChI=1S/C21H32N2O4/c1-16(2)15-27-18-10-9-17(12-19(18)26-3)13-22-20(24)14-23-11-7-5-4-6-8-21(23)25/h9-10,12,16H,4-8,11,13-15H2,1-3H3,(H,22,24). The molecule has 1 aromatic carbocycles. The number of ether oxygens (including phenoxy) is 2. The predicted octanol–water partition coefficient (Wildman–Crippen LogP) is 3.14. The Morgan fingerprint density at radius 3 is 2.70 bits per heavy atom.